The first-order chi connectivity index (χ1) is 5.95. The molecule has 1 rings (SSSR count). The van der Waals surface area contributed by atoms with Crippen LogP contribution in [0.3, 0.4) is 0 Å². The number of nitrogens with zero attached hydrogens (tertiary/aromatic N) is 1. The summed E-state index contributed by atoms with van der Waals surface area (Å²) in [5, 5.41) is 7.42. The molecule has 0 unspecified atom stereocenters. The molecule has 3 nitrogen and oxygen atoms in total. The summed E-state index contributed by atoms with van der Waals surface area (Å²) in [6, 6.07) is 0.748. The molecule has 0 fully saturated rings. The van der Waals surface area contributed by atoms with E-state index in [0.29, 0.717) is 0 Å². The van der Waals surface area contributed by atoms with Crippen LogP contribution in [0.1, 0.15) is 6.92 Å². The molecule has 0 saturated heterocycles. The summed E-state index contributed by atoms with van der Waals surface area (Å²) >= 11 is 0. The number of hydrogen-bond donors (Lipinski definition) is 1. The summed E-state index contributed by atoms with van der Waals surface area (Å²) in [6.45, 7) is 1.08. The first kappa shape index (κ1) is 11.4. The minimum absolute atomic E-state index is 0.748. The third kappa shape index (κ3) is 4.78. The van der Waals surface area contributed by atoms with Crippen LogP contribution in [0.15, 0.2) is 12.3 Å². The summed E-state index contributed by atoms with van der Waals surface area (Å²) in [6.07, 6.45) is 0.855. The fourth-order valence-electron chi connectivity index (χ4n) is 0.397. The maximum absolute atomic E-state index is 11.9. The molecular weight excluding hydrogens is 187 g/mol. The van der Waals surface area contributed by atoms with Gasteiger partial charge in [-0.1, -0.05) is 0 Å². The van der Waals surface area contributed by atoms with Crippen molar-refractivity contribution in [3.63, 3.8) is 0 Å². The summed E-state index contributed by atoms with van der Waals surface area (Å²) in [4.78, 5) is 11.9. The van der Waals surface area contributed by atoms with Gasteiger partial charge >= 0.3 is 0 Å². The number of carbonyl (C=O) groups is 1. The van der Waals surface area contributed by atoms with Crippen molar-refractivity contribution >= 4 is 5.97 Å². The number of carboxylic acids is 1. The SMILES string of the molecule is CC(=O)O.Fc1ccnc(F)c1F. The van der Waals surface area contributed by atoms with Crippen molar-refractivity contribution in [2.75, 3.05) is 0 Å². The predicted molar refractivity (Wildman–Crippen MR) is 37.4 cm³/mol. The van der Waals surface area contributed by atoms with Gasteiger partial charge in [0.1, 0.15) is 0 Å². The standard InChI is InChI=1S/C5H2F3N.C2H4O2/c6-3-1-2-9-5(8)4(3)7;1-2(3)4/h1-2H;1H3,(H,3,4). The third-order valence-corrected chi connectivity index (χ3v) is 0.800. The molecule has 0 aliphatic heterocycles. The second-order valence-electron chi connectivity index (χ2n) is 1.92. The minimum Gasteiger partial charge on any atom is -0.481 e. The molecule has 6 heteroatoms. The van der Waals surface area contributed by atoms with E-state index in [2.05, 4.69) is 4.98 Å². The predicted octanol–water partition coefficient (Wildman–Crippen LogP) is 1.59. The highest BCUT2D eigenvalue weighted by atomic mass is 19.2. The van der Waals surface area contributed by atoms with Gasteiger partial charge in [-0.05, 0) is 6.07 Å². The van der Waals surface area contributed by atoms with Gasteiger partial charge in [0.05, 0.1) is 0 Å². The Morgan fingerprint density at radius 2 is 1.92 bits per heavy atom. The molecule has 13 heavy (non-hydrogen) atoms. The van der Waals surface area contributed by atoms with Crippen molar-refractivity contribution in [3.8, 4) is 0 Å². The molecule has 0 aliphatic rings. The molecule has 0 bridgehead atoms. The van der Waals surface area contributed by atoms with Crippen LogP contribution >= 0.6 is 0 Å². The van der Waals surface area contributed by atoms with E-state index in [1.807, 2.05) is 0 Å². The first-order valence-corrected chi connectivity index (χ1v) is 3.10. The molecular formula is C7H6F3NO2. The van der Waals surface area contributed by atoms with Gasteiger partial charge < -0.3 is 5.11 Å². The van der Waals surface area contributed by atoms with E-state index in [4.69, 9.17) is 9.90 Å². The van der Waals surface area contributed by atoms with Crippen LogP contribution in [0.4, 0.5) is 13.2 Å². The van der Waals surface area contributed by atoms with Gasteiger partial charge in [0.15, 0.2) is 5.82 Å². The van der Waals surface area contributed by atoms with E-state index in [1.165, 1.54) is 0 Å². The Balaban J connectivity index is 0.000000310. The molecule has 0 radical (unpaired) electrons. The summed E-state index contributed by atoms with van der Waals surface area (Å²) < 4.78 is 35.7. The van der Waals surface area contributed by atoms with Crippen LogP contribution in [0.25, 0.3) is 0 Å². The molecule has 1 heterocycles. The van der Waals surface area contributed by atoms with Gasteiger partial charge in [0.25, 0.3) is 11.9 Å². The van der Waals surface area contributed by atoms with Crippen molar-refractivity contribution in [2.45, 2.75) is 6.92 Å². The Kier molecular flexibility index (Phi) is 4.50. The van der Waals surface area contributed by atoms with Crippen molar-refractivity contribution in [1.29, 1.82) is 0 Å². The zero-order valence-corrected chi connectivity index (χ0v) is 6.59. The number of aliphatic carboxylic acids is 1. The van der Waals surface area contributed by atoms with Gasteiger partial charge in [0.2, 0.25) is 5.82 Å². The van der Waals surface area contributed by atoms with Gasteiger partial charge in [0, 0.05) is 13.1 Å². The summed E-state index contributed by atoms with van der Waals surface area (Å²) in [5.41, 5.74) is 0. The number of rotatable bonds is 0. The van der Waals surface area contributed by atoms with Crippen LogP contribution in [0.2, 0.25) is 0 Å². The van der Waals surface area contributed by atoms with E-state index in [1.54, 1.807) is 0 Å². The van der Waals surface area contributed by atoms with E-state index in [-0.39, 0.29) is 0 Å². The average Bonchev–Trinajstić information content (AvgIpc) is 1.99. The van der Waals surface area contributed by atoms with Crippen LogP contribution in [0.5, 0.6) is 0 Å². The fourth-order valence-corrected chi connectivity index (χ4v) is 0.397. The maximum Gasteiger partial charge on any atom is 0.300 e. The second-order valence-corrected chi connectivity index (χ2v) is 1.92. The molecule has 0 spiro atoms. The highest BCUT2D eigenvalue weighted by molar-refractivity contribution is 5.62. The molecule has 1 aromatic rings. The van der Waals surface area contributed by atoms with Gasteiger partial charge in [-0.2, -0.15) is 8.78 Å². The third-order valence-electron chi connectivity index (χ3n) is 0.800. The maximum atomic E-state index is 11.9. The van der Waals surface area contributed by atoms with Gasteiger partial charge in [-0.3, -0.25) is 4.79 Å². The summed E-state index contributed by atoms with van der Waals surface area (Å²) in [5.74, 6) is -4.99. The molecule has 1 N–H and O–H groups in total. The lowest BCUT2D eigenvalue weighted by molar-refractivity contribution is -0.134. The number of carboxylic acid groups (broad SMARTS) is 1. The Labute approximate surface area is 71.8 Å². The van der Waals surface area contributed by atoms with Crippen molar-refractivity contribution < 1.29 is 23.1 Å². The van der Waals surface area contributed by atoms with Crippen molar-refractivity contribution in [1.82, 2.24) is 4.98 Å². The zero-order valence-electron chi connectivity index (χ0n) is 6.59. The van der Waals surface area contributed by atoms with Crippen LogP contribution in [-0.2, 0) is 4.79 Å². The lowest BCUT2D eigenvalue weighted by Gasteiger charge is -1.89. The Bertz CT molecular complexity index is 280. The first-order valence-electron chi connectivity index (χ1n) is 3.10. The van der Waals surface area contributed by atoms with Gasteiger partial charge in [-0.15, -0.1) is 0 Å². The highest BCUT2D eigenvalue weighted by Gasteiger charge is 2.06. The molecule has 72 valence electrons. The van der Waals surface area contributed by atoms with E-state index in [9.17, 15) is 13.2 Å². The number of halogens is 3. The Morgan fingerprint density at radius 1 is 1.46 bits per heavy atom. The fraction of sp³-hybridized carbons (Fsp3) is 0.143. The van der Waals surface area contributed by atoms with Gasteiger partial charge in [-0.25, -0.2) is 9.37 Å². The second kappa shape index (κ2) is 5.13. The van der Waals surface area contributed by atoms with E-state index >= 15 is 0 Å². The highest BCUT2D eigenvalue weighted by Crippen LogP contribution is 2.04. The zero-order chi connectivity index (χ0) is 10.4. The molecule has 0 saturated carbocycles. The topological polar surface area (TPSA) is 50.2 Å². The quantitative estimate of drug-likeness (QED) is 0.636. The van der Waals surface area contributed by atoms with Crippen LogP contribution in [0, 0.1) is 17.6 Å². The molecule has 0 aromatic carbocycles. The van der Waals surface area contributed by atoms with Crippen LogP contribution < -0.4 is 0 Å². The Hall–Kier alpha value is -1.59. The van der Waals surface area contributed by atoms with Crippen LogP contribution in [-0.4, -0.2) is 16.1 Å². The molecule has 1 aromatic heterocycles. The molecule has 0 aliphatic carbocycles. The minimum atomic E-state index is -1.53. The molecule has 0 atom stereocenters. The van der Waals surface area contributed by atoms with E-state index in [0.717, 1.165) is 19.2 Å². The Morgan fingerprint density at radius 3 is 2.23 bits per heavy atom. The summed E-state index contributed by atoms with van der Waals surface area (Å²) in [7, 11) is 0. The monoisotopic (exact) mass is 193 g/mol. The van der Waals surface area contributed by atoms with E-state index < -0.39 is 23.6 Å². The number of pyridine rings is 1. The lowest BCUT2D eigenvalue weighted by atomic mass is 10.4. The average molecular weight is 193 g/mol. The van der Waals surface area contributed by atoms with Crippen molar-refractivity contribution in [3.05, 3.63) is 29.8 Å². The normalized spacial score (nSPS) is 8.62. The number of aromatic nitrogens is 1. The lowest BCUT2D eigenvalue weighted by Crippen LogP contribution is -1.91. The number of hydrogen-bond acceptors (Lipinski definition) is 2. The molecule has 0 amide bonds. The van der Waals surface area contributed by atoms with Crippen molar-refractivity contribution in [2.24, 2.45) is 0 Å². The largest absolute Gasteiger partial charge is 0.481 e. The smallest absolute Gasteiger partial charge is 0.300 e.